The smallest absolute Gasteiger partial charge is 0.241 e. The number of ether oxygens (including phenoxy) is 1. The molecule has 20 heavy (non-hydrogen) atoms. The first-order chi connectivity index (χ1) is 9.58. The maximum atomic E-state index is 12.4. The maximum Gasteiger partial charge on any atom is 0.241 e. The number of rotatable bonds is 6. The number of amides is 1. The molecule has 4 nitrogen and oxygen atoms in total. The highest BCUT2D eigenvalue weighted by Gasteiger charge is 2.35. The number of hydrogen-bond acceptors (Lipinski definition) is 3. The Morgan fingerprint density at radius 1 is 1.30 bits per heavy atom. The molecule has 0 radical (unpaired) electrons. The summed E-state index contributed by atoms with van der Waals surface area (Å²) in [5, 5.41) is 3.36. The lowest BCUT2D eigenvalue weighted by Gasteiger charge is -2.21. The van der Waals surface area contributed by atoms with Crippen molar-refractivity contribution >= 4 is 5.91 Å². The number of nitrogens with zero attached hydrogens (tertiary/aromatic N) is 1. The molecule has 1 aromatic carbocycles. The average Bonchev–Trinajstić information content (AvgIpc) is 2.67. The third-order valence-corrected chi connectivity index (χ3v) is 3.56. The summed E-state index contributed by atoms with van der Waals surface area (Å²) in [6.45, 7) is 7.28. The predicted molar refractivity (Wildman–Crippen MR) is 79.3 cm³/mol. The van der Waals surface area contributed by atoms with Gasteiger partial charge in [-0.3, -0.25) is 10.1 Å². The second kappa shape index (κ2) is 6.86. The molecule has 1 amide bonds. The molecule has 0 aromatic heterocycles. The molecule has 2 atom stereocenters. The van der Waals surface area contributed by atoms with Gasteiger partial charge in [0.25, 0.3) is 0 Å². The Bertz CT molecular complexity index is 433. The van der Waals surface area contributed by atoms with Crippen LogP contribution in [0, 0.1) is 0 Å². The van der Waals surface area contributed by atoms with Gasteiger partial charge in [0.05, 0.1) is 24.9 Å². The van der Waals surface area contributed by atoms with Crippen LogP contribution in [0.5, 0.6) is 0 Å². The van der Waals surface area contributed by atoms with Gasteiger partial charge in [-0.1, -0.05) is 30.3 Å². The van der Waals surface area contributed by atoms with E-state index in [1.54, 1.807) is 0 Å². The molecule has 1 aromatic rings. The predicted octanol–water partition coefficient (Wildman–Crippen LogP) is 1.80. The van der Waals surface area contributed by atoms with Gasteiger partial charge in [-0.25, -0.2) is 0 Å². The van der Waals surface area contributed by atoms with Gasteiger partial charge in [-0.05, 0) is 32.8 Å². The third kappa shape index (κ3) is 3.81. The first kappa shape index (κ1) is 15.0. The van der Waals surface area contributed by atoms with E-state index in [0.29, 0.717) is 13.2 Å². The molecule has 0 spiro atoms. The number of nitrogens with one attached hydrogen (secondary N) is 1. The fraction of sp³-hybridized carbons (Fsp3) is 0.562. The summed E-state index contributed by atoms with van der Waals surface area (Å²) in [4.78, 5) is 14.3. The topological polar surface area (TPSA) is 41.6 Å². The molecule has 0 bridgehead atoms. The lowest BCUT2D eigenvalue weighted by molar-refractivity contribution is -0.130. The van der Waals surface area contributed by atoms with Gasteiger partial charge >= 0.3 is 0 Å². The summed E-state index contributed by atoms with van der Waals surface area (Å²) in [7, 11) is 0. The molecule has 1 saturated heterocycles. The van der Waals surface area contributed by atoms with Crippen LogP contribution in [0.25, 0.3) is 0 Å². The van der Waals surface area contributed by atoms with Gasteiger partial charge in [0.2, 0.25) is 5.91 Å². The Balaban J connectivity index is 1.89. The van der Waals surface area contributed by atoms with Gasteiger partial charge in [0.1, 0.15) is 0 Å². The number of carbonyl (C=O) groups excluding carboxylic acids is 1. The summed E-state index contributed by atoms with van der Waals surface area (Å²) in [5.41, 5.74) is 1.19. The monoisotopic (exact) mass is 276 g/mol. The number of carbonyl (C=O) groups is 1. The molecular formula is C16H24N2O2. The summed E-state index contributed by atoms with van der Waals surface area (Å²) < 4.78 is 5.53. The fourth-order valence-electron chi connectivity index (χ4n) is 2.53. The van der Waals surface area contributed by atoms with Crippen LogP contribution in [-0.4, -0.2) is 42.3 Å². The Morgan fingerprint density at radius 3 is 2.65 bits per heavy atom. The molecule has 2 rings (SSSR count). The van der Waals surface area contributed by atoms with E-state index < -0.39 is 0 Å². The minimum atomic E-state index is -0.119. The lowest BCUT2D eigenvalue weighted by Crippen LogP contribution is -2.37. The van der Waals surface area contributed by atoms with Crippen LogP contribution >= 0.6 is 0 Å². The van der Waals surface area contributed by atoms with E-state index in [4.69, 9.17) is 4.74 Å². The Kier molecular flexibility index (Phi) is 5.15. The number of hydrogen-bond donors (Lipinski definition) is 1. The molecule has 1 fully saturated rings. The third-order valence-electron chi connectivity index (χ3n) is 3.56. The summed E-state index contributed by atoms with van der Waals surface area (Å²) in [6, 6.07) is 10.0. The maximum absolute atomic E-state index is 12.4. The normalized spacial score (nSPS) is 22.8. The van der Waals surface area contributed by atoms with Crippen LogP contribution < -0.4 is 5.32 Å². The molecule has 0 saturated carbocycles. The minimum absolute atomic E-state index is 0.0759. The highest BCUT2D eigenvalue weighted by atomic mass is 16.5. The van der Waals surface area contributed by atoms with E-state index in [9.17, 15) is 4.79 Å². The van der Waals surface area contributed by atoms with Crippen molar-refractivity contribution < 1.29 is 9.53 Å². The fourth-order valence-corrected chi connectivity index (χ4v) is 2.53. The summed E-state index contributed by atoms with van der Waals surface area (Å²) in [5.74, 6) is 0.175. The van der Waals surface area contributed by atoms with Gasteiger partial charge in [-0.15, -0.1) is 0 Å². The van der Waals surface area contributed by atoms with Crippen LogP contribution in [0.3, 0.4) is 0 Å². The van der Waals surface area contributed by atoms with Crippen molar-refractivity contribution in [2.75, 3.05) is 13.2 Å². The molecular weight excluding hydrogens is 252 g/mol. The van der Waals surface area contributed by atoms with Crippen LogP contribution in [-0.2, 0) is 16.0 Å². The molecule has 110 valence electrons. The molecule has 4 heteroatoms. The van der Waals surface area contributed by atoms with Crippen LogP contribution in [0.4, 0.5) is 0 Å². The van der Waals surface area contributed by atoms with Crippen molar-refractivity contribution in [3.05, 3.63) is 35.9 Å². The van der Waals surface area contributed by atoms with Gasteiger partial charge in [0, 0.05) is 6.54 Å². The molecule has 1 N–H and O–H groups in total. The lowest BCUT2D eigenvalue weighted by atomic mass is 10.1. The van der Waals surface area contributed by atoms with Crippen molar-refractivity contribution in [3.8, 4) is 0 Å². The second-order valence-corrected chi connectivity index (χ2v) is 5.54. The van der Waals surface area contributed by atoms with Crippen molar-refractivity contribution in [3.63, 3.8) is 0 Å². The van der Waals surface area contributed by atoms with Gasteiger partial charge < -0.3 is 9.64 Å². The Morgan fingerprint density at radius 2 is 2.00 bits per heavy atom. The zero-order valence-corrected chi connectivity index (χ0v) is 12.5. The van der Waals surface area contributed by atoms with Crippen molar-refractivity contribution in [2.45, 2.75) is 45.5 Å². The molecule has 0 aliphatic carbocycles. The zero-order chi connectivity index (χ0) is 14.5. The van der Waals surface area contributed by atoms with E-state index in [2.05, 4.69) is 17.4 Å². The Hall–Kier alpha value is -1.39. The summed E-state index contributed by atoms with van der Waals surface area (Å²) >= 11 is 0. The Labute approximate surface area is 121 Å². The highest BCUT2D eigenvalue weighted by Crippen LogP contribution is 2.14. The largest absolute Gasteiger partial charge is 0.377 e. The summed E-state index contributed by atoms with van der Waals surface area (Å²) in [6.07, 6.45) is 1.02. The quantitative estimate of drug-likeness (QED) is 0.861. The zero-order valence-electron chi connectivity index (χ0n) is 12.5. The van der Waals surface area contributed by atoms with Crippen molar-refractivity contribution in [1.29, 1.82) is 0 Å². The second-order valence-electron chi connectivity index (χ2n) is 5.54. The minimum Gasteiger partial charge on any atom is -0.377 e. The standard InChI is InChI=1S/C16H24N2O2/c1-12(2)20-10-9-18-13(3)17-15(16(18)19)11-14-7-5-4-6-8-14/h4-8,12-13,15,17H,9-11H2,1-3H3. The van der Waals surface area contributed by atoms with E-state index in [1.165, 1.54) is 5.56 Å². The van der Waals surface area contributed by atoms with E-state index in [1.807, 2.05) is 43.9 Å². The average molecular weight is 276 g/mol. The number of benzene rings is 1. The first-order valence-corrected chi connectivity index (χ1v) is 7.30. The SMILES string of the molecule is CC(C)OCCN1C(=O)C(Cc2ccccc2)NC1C. The van der Waals surface area contributed by atoms with Gasteiger partial charge in [-0.2, -0.15) is 0 Å². The first-order valence-electron chi connectivity index (χ1n) is 7.30. The molecule has 1 aliphatic rings. The van der Waals surface area contributed by atoms with Gasteiger partial charge in [0.15, 0.2) is 0 Å². The van der Waals surface area contributed by atoms with Crippen LogP contribution in [0.2, 0.25) is 0 Å². The van der Waals surface area contributed by atoms with E-state index >= 15 is 0 Å². The van der Waals surface area contributed by atoms with Crippen molar-refractivity contribution in [2.24, 2.45) is 0 Å². The highest BCUT2D eigenvalue weighted by molar-refractivity contribution is 5.84. The van der Waals surface area contributed by atoms with Crippen LogP contribution in [0.15, 0.2) is 30.3 Å². The van der Waals surface area contributed by atoms with Crippen molar-refractivity contribution in [1.82, 2.24) is 10.2 Å². The molecule has 2 unspecified atom stereocenters. The van der Waals surface area contributed by atoms with E-state index in [0.717, 1.165) is 6.42 Å². The van der Waals surface area contributed by atoms with E-state index in [-0.39, 0.29) is 24.2 Å². The molecule has 1 aliphatic heterocycles. The van der Waals surface area contributed by atoms with Crippen LogP contribution in [0.1, 0.15) is 26.3 Å². The molecule has 1 heterocycles.